The van der Waals surface area contributed by atoms with Crippen molar-refractivity contribution in [2.24, 2.45) is 0 Å². The summed E-state index contributed by atoms with van der Waals surface area (Å²) in [5.74, 6) is -0.434. The lowest BCUT2D eigenvalue weighted by molar-refractivity contribution is 0.0299. The van der Waals surface area contributed by atoms with Gasteiger partial charge in [0.15, 0.2) is 0 Å². The number of aromatic nitrogens is 2. The van der Waals surface area contributed by atoms with Crippen molar-refractivity contribution in [3.8, 4) is 6.07 Å². The Hall–Kier alpha value is -2.61. The van der Waals surface area contributed by atoms with Crippen LogP contribution in [0.3, 0.4) is 0 Å². The van der Waals surface area contributed by atoms with Gasteiger partial charge < -0.3 is 4.74 Å². The van der Waals surface area contributed by atoms with Crippen LogP contribution in [0.1, 0.15) is 22.8 Å². The molecule has 1 atom stereocenters. The fourth-order valence-electron chi connectivity index (χ4n) is 1.68. The van der Waals surface area contributed by atoms with Gasteiger partial charge in [-0.05, 0) is 31.2 Å². The van der Waals surface area contributed by atoms with E-state index in [0.717, 1.165) is 0 Å². The van der Waals surface area contributed by atoms with Crippen LogP contribution in [0, 0.1) is 11.3 Å². The highest BCUT2D eigenvalue weighted by molar-refractivity contribution is 5.89. The van der Waals surface area contributed by atoms with Crippen molar-refractivity contribution in [2.75, 3.05) is 0 Å². The third-order valence-electron chi connectivity index (χ3n) is 2.54. The second kappa shape index (κ2) is 5.83. The smallest absolute Gasteiger partial charge is 0.338 e. The van der Waals surface area contributed by atoms with E-state index in [4.69, 9.17) is 10.00 Å². The molecular weight excluding hydrogens is 242 g/mol. The van der Waals surface area contributed by atoms with Gasteiger partial charge in [0, 0.05) is 12.4 Å². The first-order valence-corrected chi connectivity index (χ1v) is 5.87. The fourth-order valence-corrected chi connectivity index (χ4v) is 1.68. The van der Waals surface area contributed by atoms with Crippen LogP contribution in [-0.4, -0.2) is 21.9 Å². The van der Waals surface area contributed by atoms with E-state index in [9.17, 15) is 4.79 Å². The summed E-state index contributed by atoms with van der Waals surface area (Å²) in [5.41, 5.74) is 0.820. The maximum atomic E-state index is 11.9. The zero-order chi connectivity index (χ0) is 13.7. The van der Waals surface area contributed by atoms with E-state index in [1.807, 2.05) is 12.1 Å². The Kier molecular flexibility index (Phi) is 3.94. The summed E-state index contributed by atoms with van der Waals surface area (Å²) in [6.45, 7) is 2.30. The Labute approximate surface area is 111 Å². The lowest BCUT2D eigenvalue weighted by Crippen LogP contribution is -2.21. The molecule has 1 aromatic heterocycles. The number of nitriles is 1. The second-order valence-electron chi connectivity index (χ2n) is 4.14. The average Bonchev–Trinajstić information content (AvgIpc) is 2.91. The number of ether oxygens (including phenoxy) is 1. The summed E-state index contributed by atoms with van der Waals surface area (Å²) >= 11 is 0. The van der Waals surface area contributed by atoms with E-state index < -0.39 is 5.97 Å². The summed E-state index contributed by atoms with van der Waals surface area (Å²) in [5, 5.41) is 12.8. The van der Waals surface area contributed by atoms with Crippen molar-refractivity contribution in [1.29, 1.82) is 5.26 Å². The minimum absolute atomic E-state index is 0.293. The molecule has 1 aromatic carbocycles. The highest BCUT2D eigenvalue weighted by atomic mass is 16.5. The maximum absolute atomic E-state index is 11.9. The molecule has 5 heteroatoms. The largest absolute Gasteiger partial charge is 0.457 e. The van der Waals surface area contributed by atoms with Gasteiger partial charge in [-0.1, -0.05) is 6.07 Å². The third-order valence-corrected chi connectivity index (χ3v) is 2.54. The number of nitrogens with zero attached hydrogens (tertiary/aromatic N) is 3. The minimum Gasteiger partial charge on any atom is -0.457 e. The van der Waals surface area contributed by atoms with Gasteiger partial charge in [0.2, 0.25) is 0 Å². The number of benzene rings is 1. The van der Waals surface area contributed by atoms with Crippen molar-refractivity contribution < 1.29 is 9.53 Å². The molecule has 0 fully saturated rings. The summed E-state index contributed by atoms with van der Waals surface area (Å²) in [4.78, 5) is 11.9. The zero-order valence-electron chi connectivity index (χ0n) is 10.5. The highest BCUT2D eigenvalue weighted by Crippen LogP contribution is 2.08. The number of carbonyl (C=O) groups is 1. The topological polar surface area (TPSA) is 67.9 Å². The first kappa shape index (κ1) is 12.8. The van der Waals surface area contributed by atoms with Gasteiger partial charge >= 0.3 is 5.97 Å². The number of carbonyl (C=O) groups excluding carboxylic acids is 1. The number of rotatable bonds is 4. The second-order valence-corrected chi connectivity index (χ2v) is 4.14. The van der Waals surface area contributed by atoms with Crippen LogP contribution in [0.2, 0.25) is 0 Å². The third kappa shape index (κ3) is 3.42. The Balaban J connectivity index is 1.98. The highest BCUT2D eigenvalue weighted by Gasteiger charge is 2.13. The van der Waals surface area contributed by atoms with E-state index in [1.54, 1.807) is 42.2 Å². The summed E-state index contributed by atoms with van der Waals surface area (Å²) in [6.07, 6.45) is 3.18. The van der Waals surface area contributed by atoms with Crippen LogP contribution in [0.4, 0.5) is 0 Å². The molecule has 0 saturated carbocycles. The van der Waals surface area contributed by atoms with Crippen LogP contribution in [0.15, 0.2) is 42.7 Å². The number of hydrogen-bond donors (Lipinski definition) is 0. The molecule has 0 aliphatic rings. The van der Waals surface area contributed by atoms with Gasteiger partial charge in [-0.25, -0.2) is 4.79 Å². The average molecular weight is 255 g/mol. The molecule has 0 saturated heterocycles. The van der Waals surface area contributed by atoms with Gasteiger partial charge in [-0.15, -0.1) is 0 Å². The van der Waals surface area contributed by atoms with Crippen molar-refractivity contribution in [1.82, 2.24) is 9.78 Å². The molecule has 0 unspecified atom stereocenters. The van der Waals surface area contributed by atoms with Crippen molar-refractivity contribution in [3.63, 3.8) is 0 Å². The molecule has 0 radical (unpaired) electrons. The minimum atomic E-state index is -0.434. The van der Waals surface area contributed by atoms with Crippen LogP contribution < -0.4 is 0 Å². The lowest BCUT2D eigenvalue weighted by atomic mass is 10.1. The predicted octanol–water partition coefficient (Wildman–Crippen LogP) is 2.00. The van der Waals surface area contributed by atoms with Crippen LogP contribution in [0.25, 0.3) is 0 Å². The molecule has 19 heavy (non-hydrogen) atoms. The van der Waals surface area contributed by atoms with Crippen molar-refractivity contribution >= 4 is 5.97 Å². The van der Waals surface area contributed by atoms with Crippen LogP contribution in [0.5, 0.6) is 0 Å². The summed E-state index contributed by atoms with van der Waals surface area (Å²) in [7, 11) is 0. The van der Waals surface area contributed by atoms with Crippen LogP contribution in [-0.2, 0) is 11.3 Å². The Morgan fingerprint density at radius 1 is 1.53 bits per heavy atom. The summed E-state index contributed by atoms with van der Waals surface area (Å²) in [6, 6.07) is 10.2. The van der Waals surface area contributed by atoms with Gasteiger partial charge in [0.25, 0.3) is 0 Å². The van der Waals surface area contributed by atoms with Crippen LogP contribution >= 0.6 is 0 Å². The van der Waals surface area contributed by atoms with E-state index in [0.29, 0.717) is 17.7 Å². The van der Waals surface area contributed by atoms with Gasteiger partial charge in [0.1, 0.15) is 6.10 Å². The van der Waals surface area contributed by atoms with E-state index >= 15 is 0 Å². The van der Waals surface area contributed by atoms with E-state index in [2.05, 4.69) is 5.10 Å². The molecule has 0 N–H and O–H groups in total. The molecule has 0 bridgehead atoms. The zero-order valence-corrected chi connectivity index (χ0v) is 10.5. The Morgan fingerprint density at radius 3 is 3.05 bits per heavy atom. The molecule has 2 aromatic rings. The van der Waals surface area contributed by atoms with Gasteiger partial charge in [-0.3, -0.25) is 4.68 Å². The van der Waals surface area contributed by atoms with E-state index in [-0.39, 0.29) is 6.10 Å². The summed E-state index contributed by atoms with van der Waals surface area (Å²) < 4.78 is 7.00. The first-order valence-electron chi connectivity index (χ1n) is 5.87. The molecule has 0 amide bonds. The molecule has 1 heterocycles. The number of hydrogen-bond acceptors (Lipinski definition) is 4. The van der Waals surface area contributed by atoms with Gasteiger partial charge in [0.05, 0.1) is 23.7 Å². The van der Waals surface area contributed by atoms with Crippen molar-refractivity contribution in [2.45, 2.75) is 19.6 Å². The Bertz CT molecular complexity index is 599. The maximum Gasteiger partial charge on any atom is 0.338 e. The first-order chi connectivity index (χ1) is 9.19. The number of esters is 1. The predicted molar refractivity (Wildman–Crippen MR) is 68.3 cm³/mol. The molecule has 5 nitrogen and oxygen atoms in total. The standard InChI is InChI=1S/C14H13N3O2/c1-11(10-17-7-3-6-16-17)19-14(18)13-5-2-4-12(8-13)9-15/h2-8,11H,10H2,1H3/t11-/m1/s1. The molecule has 0 spiro atoms. The van der Waals surface area contributed by atoms with Crippen molar-refractivity contribution in [3.05, 3.63) is 53.9 Å². The van der Waals surface area contributed by atoms with E-state index in [1.165, 1.54) is 6.07 Å². The molecule has 2 rings (SSSR count). The fraction of sp³-hybridized carbons (Fsp3) is 0.214. The normalized spacial score (nSPS) is 11.6. The molecule has 0 aliphatic carbocycles. The molecule has 0 aliphatic heterocycles. The quantitative estimate of drug-likeness (QED) is 0.783. The monoisotopic (exact) mass is 255 g/mol. The lowest BCUT2D eigenvalue weighted by Gasteiger charge is -2.13. The SMILES string of the molecule is C[C@H](Cn1cccn1)OC(=O)c1cccc(C#N)c1. The molecule has 96 valence electrons. The Morgan fingerprint density at radius 2 is 2.37 bits per heavy atom. The van der Waals surface area contributed by atoms with Gasteiger partial charge in [-0.2, -0.15) is 10.4 Å². The molecular formula is C14H13N3O2.